The van der Waals surface area contributed by atoms with Gasteiger partial charge in [-0.25, -0.2) is 9.97 Å². The van der Waals surface area contributed by atoms with Crippen LogP contribution in [0, 0.1) is 5.92 Å². The molecule has 10 heteroatoms. The Morgan fingerprint density at radius 2 is 1.71 bits per heavy atom. The van der Waals surface area contributed by atoms with Gasteiger partial charge in [0.15, 0.2) is 5.11 Å². The van der Waals surface area contributed by atoms with Crippen LogP contribution in [-0.2, 0) is 4.79 Å². The molecule has 0 spiro atoms. The number of nitrogens with one attached hydrogen (secondary N) is 3. The Hall–Kier alpha value is -3.43. The molecule has 1 amide bonds. The van der Waals surface area contributed by atoms with Gasteiger partial charge in [-0.05, 0) is 67.5 Å². The SMILES string of the molecule is O=C(Nc1ccc(NC(=S)N2CCN(c3ncnc4[nH]c5ccc(Cl)cc5c34)CC2)cc1)C1CC1. The van der Waals surface area contributed by atoms with Gasteiger partial charge in [0.05, 0.1) is 5.39 Å². The number of carbonyl (C=O) groups excluding carboxylic acids is 1. The molecule has 2 aromatic carbocycles. The molecular formula is C25H24ClN7OS. The molecule has 8 nitrogen and oxygen atoms in total. The van der Waals surface area contributed by atoms with Crippen molar-refractivity contribution >= 4 is 74.0 Å². The maximum atomic E-state index is 11.9. The number of hydrogen-bond acceptors (Lipinski definition) is 5. The molecule has 3 heterocycles. The first-order chi connectivity index (χ1) is 17.0. The van der Waals surface area contributed by atoms with Crippen LogP contribution in [0.1, 0.15) is 12.8 Å². The lowest BCUT2D eigenvalue weighted by atomic mass is 10.2. The Balaban J connectivity index is 1.11. The lowest BCUT2D eigenvalue weighted by Gasteiger charge is -2.37. The van der Waals surface area contributed by atoms with Crippen LogP contribution in [0.25, 0.3) is 21.9 Å². The molecule has 0 bridgehead atoms. The lowest BCUT2D eigenvalue weighted by Crippen LogP contribution is -2.50. The molecule has 178 valence electrons. The number of amides is 1. The minimum atomic E-state index is 0.107. The number of nitrogens with zero attached hydrogens (tertiary/aromatic N) is 4. The summed E-state index contributed by atoms with van der Waals surface area (Å²) in [6.07, 6.45) is 3.58. The molecule has 1 saturated carbocycles. The van der Waals surface area contributed by atoms with E-state index in [1.807, 2.05) is 42.5 Å². The third-order valence-corrected chi connectivity index (χ3v) is 7.14. The number of hydrogen-bond donors (Lipinski definition) is 3. The summed E-state index contributed by atoms with van der Waals surface area (Å²) in [7, 11) is 0. The molecule has 0 unspecified atom stereocenters. The zero-order valence-corrected chi connectivity index (χ0v) is 20.5. The van der Waals surface area contributed by atoms with E-state index in [9.17, 15) is 4.79 Å². The predicted octanol–water partition coefficient (Wildman–Crippen LogP) is 4.63. The van der Waals surface area contributed by atoms with Crippen molar-refractivity contribution in [2.45, 2.75) is 12.8 Å². The highest BCUT2D eigenvalue weighted by Gasteiger charge is 2.29. The van der Waals surface area contributed by atoms with Gasteiger partial charge in [0.2, 0.25) is 5.91 Å². The van der Waals surface area contributed by atoms with Crippen molar-refractivity contribution in [1.29, 1.82) is 0 Å². The van der Waals surface area contributed by atoms with Crippen molar-refractivity contribution in [3.63, 3.8) is 0 Å². The van der Waals surface area contributed by atoms with E-state index in [0.717, 1.165) is 78.1 Å². The van der Waals surface area contributed by atoms with Crippen molar-refractivity contribution in [2.24, 2.45) is 5.92 Å². The highest BCUT2D eigenvalue weighted by Crippen LogP contribution is 2.33. The number of aromatic amines is 1. The number of piperazine rings is 1. The molecule has 0 radical (unpaired) electrons. The van der Waals surface area contributed by atoms with Crippen LogP contribution in [0.5, 0.6) is 0 Å². The van der Waals surface area contributed by atoms with Crippen LogP contribution in [0.2, 0.25) is 5.02 Å². The van der Waals surface area contributed by atoms with Crippen molar-refractivity contribution < 1.29 is 4.79 Å². The maximum Gasteiger partial charge on any atom is 0.227 e. The molecule has 6 rings (SSSR count). The number of carbonyl (C=O) groups is 1. The summed E-state index contributed by atoms with van der Waals surface area (Å²) in [4.78, 5) is 28.8. The van der Waals surface area contributed by atoms with E-state index in [1.54, 1.807) is 6.33 Å². The smallest absolute Gasteiger partial charge is 0.227 e. The van der Waals surface area contributed by atoms with Gasteiger partial charge >= 0.3 is 0 Å². The topological polar surface area (TPSA) is 89.2 Å². The number of anilines is 3. The fraction of sp³-hybridized carbons (Fsp3) is 0.280. The van der Waals surface area contributed by atoms with Crippen molar-refractivity contribution in [3.8, 4) is 0 Å². The Morgan fingerprint density at radius 3 is 2.43 bits per heavy atom. The normalized spacial score (nSPS) is 16.0. The average molecular weight is 506 g/mol. The average Bonchev–Trinajstić information content (AvgIpc) is 3.66. The van der Waals surface area contributed by atoms with E-state index in [2.05, 4.69) is 35.4 Å². The summed E-state index contributed by atoms with van der Waals surface area (Å²) >= 11 is 11.9. The van der Waals surface area contributed by atoms with Gasteiger partial charge in [-0.3, -0.25) is 4.79 Å². The number of thiocarbonyl (C=S) groups is 1. The Morgan fingerprint density at radius 1 is 1.00 bits per heavy atom. The minimum Gasteiger partial charge on any atom is -0.352 e. The number of H-pyrrole nitrogens is 1. The predicted molar refractivity (Wildman–Crippen MR) is 144 cm³/mol. The lowest BCUT2D eigenvalue weighted by molar-refractivity contribution is -0.117. The van der Waals surface area contributed by atoms with E-state index >= 15 is 0 Å². The second-order valence-electron chi connectivity index (χ2n) is 8.98. The van der Waals surface area contributed by atoms with E-state index < -0.39 is 0 Å². The Kier molecular flexibility index (Phi) is 5.66. The van der Waals surface area contributed by atoms with Gasteiger partial charge < -0.3 is 25.4 Å². The van der Waals surface area contributed by atoms with Gasteiger partial charge in [-0.1, -0.05) is 11.6 Å². The van der Waals surface area contributed by atoms with E-state index in [-0.39, 0.29) is 11.8 Å². The monoisotopic (exact) mass is 505 g/mol. The molecule has 2 aliphatic rings. The molecule has 4 aromatic rings. The van der Waals surface area contributed by atoms with Gasteiger partial charge in [-0.15, -0.1) is 0 Å². The van der Waals surface area contributed by atoms with Gasteiger partial charge in [0, 0.05) is 59.4 Å². The summed E-state index contributed by atoms with van der Waals surface area (Å²) in [6, 6.07) is 13.5. The molecule has 1 aliphatic carbocycles. The summed E-state index contributed by atoms with van der Waals surface area (Å²) in [5, 5.41) is 9.67. The van der Waals surface area contributed by atoms with Crippen LogP contribution in [0.15, 0.2) is 48.8 Å². The van der Waals surface area contributed by atoms with Crippen LogP contribution in [-0.4, -0.2) is 57.1 Å². The van der Waals surface area contributed by atoms with Crippen molar-refractivity contribution in [3.05, 3.63) is 53.8 Å². The number of aromatic nitrogens is 3. The summed E-state index contributed by atoms with van der Waals surface area (Å²) in [5.74, 6) is 1.20. The standard InChI is InChI=1S/C25H24ClN7OS/c26-16-3-8-20-19(13-16)21-22(31-20)27-14-28-23(21)32-9-11-33(12-10-32)25(35)30-18-6-4-17(5-7-18)29-24(34)15-1-2-15/h3-8,13-15H,1-2,9-12H2,(H,29,34)(H,30,35)(H,27,28,31). The molecule has 35 heavy (non-hydrogen) atoms. The molecule has 3 N–H and O–H groups in total. The number of benzene rings is 2. The zero-order chi connectivity index (χ0) is 23.9. The molecule has 1 saturated heterocycles. The molecule has 2 aromatic heterocycles. The first kappa shape index (κ1) is 22.1. The fourth-order valence-corrected chi connectivity index (χ4v) is 4.94. The summed E-state index contributed by atoms with van der Waals surface area (Å²) in [5.41, 5.74) is 3.51. The largest absolute Gasteiger partial charge is 0.352 e. The number of fused-ring (bicyclic) bond motifs is 3. The van der Waals surface area contributed by atoms with E-state index in [1.165, 1.54) is 0 Å². The third kappa shape index (κ3) is 4.49. The summed E-state index contributed by atoms with van der Waals surface area (Å²) in [6.45, 7) is 3.12. The Labute approximate surface area is 212 Å². The maximum absolute atomic E-state index is 11.9. The Bertz CT molecular complexity index is 1430. The van der Waals surface area contributed by atoms with Crippen molar-refractivity contribution in [1.82, 2.24) is 19.9 Å². The highest BCUT2D eigenvalue weighted by atomic mass is 35.5. The van der Waals surface area contributed by atoms with Gasteiger partial charge in [0.1, 0.15) is 17.8 Å². The second kappa shape index (κ2) is 8.98. The fourth-order valence-electron chi connectivity index (χ4n) is 4.47. The first-order valence-corrected chi connectivity index (χ1v) is 12.5. The second-order valence-corrected chi connectivity index (χ2v) is 9.80. The molecule has 2 fully saturated rings. The van der Waals surface area contributed by atoms with E-state index in [4.69, 9.17) is 23.8 Å². The zero-order valence-electron chi connectivity index (χ0n) is 18.9. The van der Waals surface area contributed by atoms with Crippen molar-refractivity contribution in [2.75, 3.05) is 41.7 Å². The molecule has 0 atom stereocenters. The van der Waals surface area contributed by atoms with Gasteiger partial charge in [0.25, 0.3) is 0 Å². The first-order valence-electron chi connectivity index (χ1n) is 11.7. The quantitative estimate of drug-likeness (QED) is 0.348. The molecule has 1 aliphatic heterocycles. The van der Waals surface area contributed by atoms with Crippen LogP contribution < -0.4 is 15.5 Å². The highest BCUT2D eigenvalue weighted by molar-refractivity contribution is 7.80. The number of halogens is 1. The minimum absolute atomic E-state index is 0.107. The van der Waals surface area contributed by atoms with Crippen LogP contribution in [0.3, 0.4) is 0 Å². The van der Waals surface area contributed by atoms with Crippen LogP contribution in [0.4, 0.5) is 17.2 Å². The molecular weight excluding hydrogens is 482 g/mol. The van der Waals surface area contributed by atoms with E-state index in [0.29, 0.717) is 10.1 Å². The van der Waals surface area contributed by atoms with Crippen LogP contribution >= 0.6 is 23.8 Å². The summed E-state index contributed by atoms with van der Waals surface area (Å²) < 4.78 is 0. The van der Waals surface area contributed by atoms with Gasteiger partial charge in [-0.2, -0.15) is 0 Å². The third-order valence-electron chi connectivity index (χ3n) is 6.55. The number of rotatable bonds is 4.